The van der Waals surface area contributed by atoms with Crippen LogP contribution in [0.15, 0.2) is 0 Å². The zero-order chi connectivity index (χ0) is 40.1. The van der Waals surface area contributed by atoms with Crippen molar-refractivity contribution in [1.29, 1.82) is 0 Å². The second-order valence-electron chi connectivity index (χ2n) is 15.8. The minimum atomic E-state index is -0.471. The normalized spacial score (nSPS) is 12.0. The molecule has 0 aromatic heterocycles. The summed E-state index contributed by atoms with van der Waals surface area (Å²) in [6, 6.07) is 0. The highest BCUT2D eigenvalue weighted by molar-refractivity contribution is 8.76. The van der Waals surface area contributed by atoms with Gasteiger partial charge < -0.3 is 24.2 Å². The molecule has 0 bridgehead atoms. The van der Waals surface area contributed by atoms with Crippen LogP contribution in [-0.2, 0) is 19.0 Å². The average molecular weight is 818 g/mol. The summed E-state index contributed by atoms with van der Waals surface area (Å²) >= 11 is 0. The maximum atomic E-state index is 12.5. The fourth-order valence-corrected chi connectivity index (χ4v) is 9.04. The molecule has 1 atom stereocenters. The molecule has 7 nitrogen and oxygen atoms in total. The number of hydrogen-bond donors (Lipinski definition) is 1. The Morgan fingerprint density at radius 3 is 1.44 bits per heavy atom. The van der Waals surface area contributed by atoms with Crippen LogP contribution in [-0.4, -0.2) is 79.2 Å². The second-order valence-corrected chi connectivity index (χ2v) is 18.5. The van der Waals surface area contributed by atoms with Crippen molar-refractivity contribution < 1.29 is 28.9 Å². The smallest absolute Gasteiger partial charge is 0.466 e. The molecule has 0 aromatic rings. The number of unbranched alkanes of at least 4 members (excludes halogenated alkanes) is 24. The molecule has 0 radical (unpaired) electrons. The van der Waals surface area contributed by atoms with Gasteiger partial charge in [0.1, 0.15) is 6.10 Å². The van der Waals surface area contributed by atoms with Crippen molar-refractivity contribution >= 4 is 33.7 Å². The fourth-order valence-electron chi connectivity index (χ4n) is 6.92. The third-order valence-corrected chi connectivity index (χ3v) is 13.0. The van der Waals surface area contributed by atoms with Crippen molar-refractivity contribution in [2.45, 2.75) is 232 Å². The summed E-state index contributed by atoms with van der Waals surface area (Å²) in [5, 5.41) is 9.55. The van der Waals surface area contributed by atoms with Gasteiger partial charge in [0.25, 0.3) is 0 Å². The van der Waals surface area contributed by atoms with Gasteiger partial charge in [0.15, 0.2) is 0 Å². The number of carbonyl (C=O) groups excluding carboxylic acids is 2. The van der Waals surface area contributed by atoms with Crippen LogP contribution in [0.2, 0.25) is 0 Å². The van der Waals surface area contributed by atoms with Crippen LogP contribution < -0.4 is 0 Å². The summed E-state index contributed by atoms with van der Waals surface area (Å²) in [4.78, 5) is 26.8. The molecule has 55 heavy (non-hydrogen) atoms. The number of carbonyl (C=O) groups is 2. The summed E-state index contributed by atoms with van der Waals surface area (Å²) < 4.78 is 16.7. The van der Waals surface area contributed by atoms with Crippen molar-refractivity contribution in [2.75, 3.05) is 51.0 Å². The lowest BCUT2D eigenvalue weighted by molar-refractivity contribution is -0.143. The molecule has 9 heteroatoms. The lowest BCUT2D eigenvalue weighted by Gasteiger charge is -2.21. The summed E-state index contributed by atoms with van der Waals surface area (Å²) in [6.07, 6.45) is 37.3. The van der Waals surface area contributed by atoms with Crippen molar-refractivity contribution in [2.24, 2.45) is 0 Å². The molecule has 0 saturated carbocycles. The van der Waals surface area contributed by atoms with Gasteiger partial charge in [-0.05, 0) is 70.9 Å². The van der Waals surface area contributed by atoms with Crippen LogP contribution >= 0.6 is 21.6 Å². The van der Waals surface area contributed by atoms with E-state index in [0.717, 1.165) is 89.6 Å². The van der Waals surface area contributed by atoms with E-state index in [1.807, 2.05) is 10.8 Å². The molecule has 0 aromatic carbocycles. The van der Waals surface area contributed by atoms with Gasteiger partial charge in [-0.15, -0.1) is 0 Å². The highest BCUT2D eigenvalue weighted by Gasteiger charge is 2.15. The molecule has 0 saturated heterocycles. The van der Waals surface area contributed by atoms with Crippen LogP contribution in [0.3, 0.4) is 0 Å². The molecular formula is C46H91NO6S2. The quantitative estimate of drug-likeness (QED) is 0.0367. The van der Waals surface area contributed by atoms with E-state index >= 15 is 0 Å². The Hall–Kier alpha value is -0.640. The number of hydrogen-bond acceptors (Lipinski definition) is 9. The van der Waals surface area contributed by atoms with E-state index in [2.05, 4.69) is 25.7 Å². The predicted octanol–water partition coefficient (Wildman–Crippen LogP) is 14.3. The van der Waals surface area contributed by atoms with E-state index in [1.54, 1.807) is 10.8 Å². The zero-order valence-electron chi connectivity index (χ0n) is 36.6. The largest absolute Gasteiger partial charge is 0.508 e. The van der Waals surface area contributed by atoms with Gasteiger partial charge in [-0.25, -0.2) is 4.79 Å². The Kier molecular flexibility index (Phi) is 45.5. The van der Waals surface area contributed by atoms with Crippen molar-refractivity contribution in [3.8, 4) is 0 Å². The number of ether oxygens (including phenoxy) is 3. The first-order valence-corrected chi connectivity index (χ1v) is 26.1. The van der Waals surface area contributed by atoms with Gasteiger partial charge in [-0.1, -0.05) is 184 Å². The SMILES string of the molecule is CCCCCCCCCCCC(CCCCCC)OC(=O)OCCCCCCCCN(CCO)CCCCCCCCOC(=O)CCSSCCCCCC. The highest BCUT2D eigenvalue weighted by atomic mass is 33.1. The maximum Gasteiger partial charge on any atom is 0.508 e. The van der Waals surface area contributed by atoms with Crippen molar-refractivity contribution in [3.05, 3.63) is 0 Å². The van der Waals surface area contributed by atoms with Crippen LogP contribution in [0.25, 0.3) is 0 Å². The van der Waals surface area contributed by atoms with Gasteiger partial charge in [0, 0.05) is 18.1 Å². The van der Waals surface area contributed by atoms with E-state index in [9.17, 15) is 14.7 Å². The van der Waals surface area contributed by atoms with E-state index in [0.29, 0.717) is 19.6 Å². The summed E-state index contributed by atoms with van der Waals surface area (Å²) in [5.41, 5.74) is 0. The average Bonchev–Trinajstić information content (AvgIpc) is 3.18. The summed E-state index contributed by atoms with van der Waals surface area (Å²) in [7, 11) is 3.68. The van der Waals surface area contributed by atoms with Gasteiger partial charge in [-0.3, -0.25) is 4.79 Å². The Labute approximate surface area is 349 Å². The topological polar surface area (TPSA) is 85.3 Å². The summed E-state index contributed by atoms with van der Waals surface area (Å²) in [6.45, 7) is 10.8. The molecule has 0 rings (SSSR count). The molecule has 0 aliphatic carbocycles. The molecule has 0 amide bonds. The Bertz CT molecular complexity index is 792. The monoisotopic (exact) mass is 818 g/mol. The van der Waals surface area contributed by atoms with Gasteiger partial charge in [0.2, 0.25) is 0 Å². The predicted molar refractivity (Wildman–Crippen MR) is 240 cm³/mol. The number of nitrogens with zero attached hydrogens (tertiary/aromatic N) is 1. The third kappa shape index (κ3) is 42.8. The molecular weight excluding hydrogens is 727 g/mol. The Morgan fingerprint density at radius 1 is 0.491 bits per heavy atom. The van der Waals surface area contributed by atoms with Crippen LogP contribution in [0.4, 0.5) is 4.79 Å². The van der Waals surface area contributed by atoms with Crippen LogP contribution in [0, 0.1) is 0 Å². The lowest BCUT2D eigenvalue weighted by Crippen LogP contribution is -2.29. The summed E-state index contributed by atoms with van der Waals surface area (Å²) in [5.74, 6) is 1.97. The molecule has 0 spiro atoms. The van der Waals surface area contributed by atoms with E-state index in [-0.39, 0.29) is 18.7 Å². The third-order valence-electron chi connectivity index (χ3n) is 10.5. The molecule has 328 valence electrons. The molecule has 0 fully saturated rings. The van der Waals surface area contributed by atoms with Crippen molar-refractivity contribution in [3.63, 3.8) is 0 Å². The number of aliphatic hydroxyl groups is 1. The van der Waals surface area contributed by atoms with Gasteiger partial charge in [0.05, 0.1) is 26.2 Å². The number of rotatable bonds is 45. The fraction of sp³-hybridized carbons (Fsp3) is 0.957. The van der Waals surface area contributed by atoms with Gasteiger partial charge in [-0.2, -0.15) is 0 Å². The van der Waals surface area contributed by atoms with Crippen LogP contribution in [0.1, 0.15) is 226 Å². The molecule has 1 N–H and O–H groups in total. The Morgan fingerprint density at radius 2 is 0.909 bits per heavy atom. The molecule has 0 heterocycles. The maximum absolute atomic E-state index is 12.5. The Balaban J connectivity index is 3.82. The minimum absolute atomic E-state index is 0.00152. The standard InChI is InChI=1S/C46H91NO6S2/c1-4-7-10-13-14-15-16-21-27-34-44(33-26-11-8-5-2)53-46(50)52-41-31-25-20-18-23-29-37-47(38-39-48)36-28-22-17-19-24-30-40-51-45(49)35-43-55-54-42-32-12-9-6-3/h44,48H,4-43H2,1-3H3. The highest BCUT2D eigenvalue weighted by Crippen LogP contribution is 2.24. The first-order chi connectivity index (χ1) is 27.1. The number of esters is 1. The molecule has 1 unspecified atom stereocenters. The molecule has 0 aliphatic heterocycles. The minimum Gasteiger partial charge on any atom is -0.466 e. The second kappa shape index (κ2) is 46.1. The van der Waals surface area contributed by atoms with Crippen molar-refractivity contribution in [1.82, 2.24) is 4.90 Å². The van der Waals surface area contributed by atoms with Gasteiger partial charge >= 0.3 is 12.1 Å². The van der Waals surface area contributed by atoms with E-state index in [1.165, 1.54) is 141 Å². The first-order valence-electron chi connectivity index (χ1n) is 23.6. The number of aliphatic hydroxyl groups excluding tert-OH is 1. The van der Waals surface area contributed by atoms with Crippen LogP contribution in [0.5, 0.6) is 0 Å². The zero-order valence-corrected chi connectivity index (χ0v) is 38.2. The lowest BCUT2D eigenvalue weighted by atomic mass is 10.0. The van der Waals surface area contributed by atoms with E-state index < -0.39 is 6.16 Å². The molecule has 0 aliphatic rings. The van der Waals surface area contributed by atoms with E-state index in [4.69, 9.17) is 14.2 Å². The first kappa shape index (κ1) is 54.4.